The highest BCUT2D eigenvalue weighted by Gasteiger charge is 2.26. The molecule has 0 saturated carbocycles. The predicted molar refractivity (Wildman–Crippen MR) is 94.6 cm³/mol. The Bertz CT molecular complexity index is 728. The van der Waals surface area contributed by atoms with Crippen LogP contribution in [0.25, 0.3) is 11.3 Å². The van der Waals surface area contributed by atoms with Crippen LogP contribution >= 0.6 is 11.5 Å². The molecule has 0 bridgehead atoms. The van der Waals surface area contributed by atoms with Gasteiger partial charge in [0.05, 0.1) is 14.2 Å². The monoisotopic (exact) mass is 363 g/mol. The summed E-state index contributed by atoms with van der Waals surface area (Å²) in [4.78, 5) is 24.9. The van der Waals surface area contributed by atoms with E-state index >= 15 is 0 Å². The lowest BCUT2D eigenvalue weighted by Gasteiger charge is -2.18. The lowest BCUT2D eigenvalue weighted by atomic mass is 10.0. The van der Waals surface area contributed by atoms with Crippen LogP contribution in [0, 0.1) is 5.92 Å². The zero-order valence-electron chi connectivity index (χ0n) is 14.6. The number of ether oxygens (including phenoxy) is 2. The van der Waals surface area contributed by atoms with E-state index in [1.54, 1.807) is 31.4 Å². The van der Waals surface area contributed by atoms with Gasteiger partial charge >= 0.3 is 5.97 Å². The summed E-state index contributed by atoms with van der Waals surface area (Å²) in [6.07, 6.45) is 0.489. The molecule has 1 aromatic carbocycles. The van der Waals surface area contributed by atoms with Gasteiger partial charge in [0.15, 0.2) is 0 Å². The van der Waals surface area contributed by atoms with Crippen molar-refractivity contribution in [3.8, 4) is 17.0 Å². The number of carbonyl (C=O) groups excluding carboxylic acids is 2. The van der Waals surface area contributed by atoms with Crippen molar-refractivity contribution >= 4 is 23.4 Å². The smallest absolute Gasteiger partial charge is 0.328 e. The van der Waals surface area contributed by atoms with Gasteiger partial charge in [0.25, 0.3) is 5.91 Å². The van der Waals surface area contributed by atoms with Crippen LogP contribution in [-0.2, 0) is 9.53 Å². The number of aromatic nitrogens is 2. The highest BCUT2D eigenvalue weighted by Crippen LogP contribution is 2.26. The lowest BCUT2D eigenvalue weighted by molar-refractivity contribution is -0.143. The van der Waals surface area contributed by atoms with Gasteiger partial charge in [0.1, 0.15) is 22.4 Å². The molecule has 0 saturated heterocycles. The van der Waals surface area contributed by atoms with Crippen LogP contribution in [0.3, 0.4) is 0 Å². The van der Waals surface area contributed by atoms with Gasteiger partial charge in [0.2, 0.25) is 0 Å². The van der Waals surface area contributed by atoms with E-state index in [-0.39, 0.29) is 5.92 Å². The minimum Gasteiger partial charge on any atom is -0.497 e. The largest absolute Gasteiger partial charge is 0.497 e. The summed E-state index contributed by atoms with van der Waals surface area (Å²) >= 11 is 0.986. The van der Waals surface area contributed by atoms with Crippen molar-refractivity contribution in [1.82, 2.24) is 14.9 Å². The fourth-order valence-electron chi connectivity index (χ4n) is 2.33. The third kappa shape index (κ3) is 4.76. The zero-order valence-corrected chi connectivity index (χ0v) is 15.4. The number of esters is 1. The first kappa shape index (κ1) is 18.9. The maximum Gasteiger partial charge on any atom is 0.328 e. The third-order valence-corrected chi connectivity index (χ3v) is 4.28. The molecule has 1 atom stereocenters. The highest BCUT2D eigenvalue weighted by atomic mass is 32.1. The molecular weight excluding hydrogens is 342 g/mol. The molecule has 0 aliphatic rings. The van der Waals surface area contributed by atoms with Crippen LogP contribution in [0.1, 0.15) is 29.9 Å². The number of hydrogen-bond donors (Lipinski definition) is 1. The Morgan fingerprint density at radius 2 is 1.88 bits per heavy atom. The van der Waals surface area contributed by atoms with Crippen molar-refractivity contribution in [2.24, 2.45) is 5.92 Å². The molecule has 0 aliphatic heterocycles. The first-order valence-electron chi connectivity index (χ1n) is 7.81. The van der Waals surface area contributed by atoms with Crippen molar-refractivity contribution in [3.63, 3.8) is 0 Å². The van der Waals surface area contributed by atoms with E-state index in [4.69, 9.17) is 9.47 Å². The lowest BCUT2D eigenvalue weighted by Crippen LogP contribution is -2.42. The number of hydrogen-bond acceptors (Lipinski definition) is 7. The molecule has 0 spiro atoms. The van der Waals surface area contributed by atoms with Crippen molar-refractivity contribution in [2.75, 3.05) is 14.2 Å². The number of nitrogens with zero attached hydrogens (tertiary/aromatic N) is 2. The van der Waals surface area contributed by atoms with E-state index in [1.807, 2.05) is 13.8 Å². The second kappa shape index (κ2) is 8.57. The molecule has 25 heavy (non-hydrogen) atoms. The summed E-state index contributed by atoms with van der Waals surface area (Å²) in [5.74, 6) is 0.0769. The average molecular weight is 363 g/mol. The molecule has 0 radical (unpaired) electrons. The van der Waals surface area contributed by atoms with Crippen LogP contribution in [0.2, 0.25) is 0 Å². The quantitative estimate of drug-likeness (QED) is 0.760. The molecule has 1 amide bonds. The summed E-state index contributed by atoms with van der Waals surface area (Å²) in [5, 5.41) is 6.77. The molecule has 0 fully saturated rings. The van der Waals surface area contributed by atoms with Gasteiger partial charge in [-0.2, -0.15) is 0 Å². The van der Waals surface area contributed by atoms with E-state index in [9.17, 15) is 9.59 Å². The number of nitrogens with one attached hydrogen (secondary N) is 1. The van der Waals surface area contributed by atoms with Gasteiger partial charge in [0, 0.05) is 5.56 Å². The minimum atomic E-state index is -0.705. The Balaban J connectivity index is 2.22. The van der Waals surface area contributed by atoms with E-state index in [2.05, 4.69) is 14.9 Å². The fraction of sp³-hybridized carbons (Fsp3) is 0.412. The molecule has 0 aliphatic carbocycles. The zero-order chi connectivity index (χ0) is 18.4. The summed E-state index contributed by atoms with van der Waals surface area (Å²) in [6, 6.07) is 6.47. The Morgan fingerprint density at radius 1 is 1.20 bits per heavy atom. The van der Waals surface area contributed by atoms with E-state index in [0.29, 0.717) is 22.7 Å². The molecule has 7 nitrogen and oxygen atoms in total. The van der Waals surface area contributed by atoms with Gasteiger partial charge in [-0.25, -0.2) is 4.79 Å². The Hall–Kier alpha value is -2.48. The number of rotatable bonds is 7. The average Bonchev–Trinajstić information content (AvgIpc) is 3.10. The number of carbonyl (C=O) groups is 2. The van der Waals surface area contributed by atoms with Crippen molar-refractivity contribution in [3.05, 3.63) is 29.1 Å². The Labute approximate surface area is 150 Å². The molecule has 134 valence electrons. The highest BCUT2D eigenvalue weighted by molar-refractivity contribution is 7.08. The number of amides is 1. The van der Waals surface area contributed by atoms with Crippen molar-refractivity contribution < 1.29 is 19.1 Å². The summed E-state index contributed by atoms with van der Waals surface area (Å²) in [6.45, 7) is 3.94. The van der Waals surface area contributed by atoms with Crippen LogP contribution in [-0.4, -0.2) is 41.7 Å². The second-order valence-corrected chi connectivity index (χ2v) is 6.61. The van der Waals surface area contributed by atoms with Crippen molar-refractivity contribution in [2.45, 2.75) is 26.3 Å². The standard InChI is InChI=1S/C17H21N3O4S/c1-10(2)9-13(17(22)24-4)18-16(21)15-14(19-20-25-15)11-5-7-12(23-3)8-6-11/h5-8,10,13H,9H2,1-4H3,(H,18,21)/t13-/m0/s1. The van der Waals surface area contributed by atoms with E-state index in [0.717, 1.165) is 17.1 Å². The van der Waals surface area contributed by atoms with Gasteiger partial charge in [-0.05, 0) is 48.1 Å². The SMILES string of the molecule is COC(=O)[C@H](CC(C)C)NC(=O)c1snnc1-c1ccc(OC)cc1. The molecule has 1 aromatic heterocycles. The van der Waals surface area contributed by atoms with Crippen LogP contribution in [0.15, 0.2) is 24.3 Å². The van der Waals surface area contributed by atoms with Gasteiger partial charge in [-0.15, -0.1) is 5.10 Å². The van der Waals surface area contributed by atoms with Gasteiger partial charge in [-0.1, -0.05) is 18.3 Å². The maximum absolute atomic E-state index is 12.6. The van der Waals surface area contributed by atoms with Crippen LogP contribution in [0.4, 0.5) is 0 Å². The minimum absolute atomic E-state index is 0.227. The molecular formula is C17H21N3O4S. The molecule has 8 heteroatoms. The van der Waals surface area contributed by atoms with Crippen LogP contribution < -0.4 is 10.1 Å². The second-order valence-electron chi connectivity index (χ2n) is 5.86. The summed E-state index contributed by atoms with van der Waals surface area (Å²) in [5.41, 5.74) is 1.22. The molecule has 1 N–H and O–H groups in total. The topological polar surface area (TPSA) is 90.4 Å². The van der Waals surface area contributed by atoms with Crippen molar-refractivity contribution in [1.29, 1.82) is 0 Å². The Morgan fingerprint density at radius 3 is 2.44 bits per heavy atom. The van der Waals surface area contributed by atoms with E-state index in [1.165, 1.54) is 7.11 Å². The molecule has 1 heterocycles. The van der Waals surface area contributed by atoms with Gasteiger partial charge in [-0.3, -0.25) is 4.79 Å². The maximum atomic E-state index is 12.6. The first-order valence-corrected chi connectivity index (χ1v) is 8.59. The van der Waals surface area contributed by atoms with Crippen LogP contribution in [0.5, 0.6) is 5.75 Å². The first-order chi connectivity index (χ1) is 12.0. The Kier molecular flexibility index (Phi) is 6.46. The molecule has 2 rings (SSSR count). The number of benzene rings is 1. The summed E-state index contributed by atoms with van der Waals surface area (Å²) < 4.78 is 13.8. The normalized spacial score (nSPS) is 11.9. The molecule has 2 aromatic rings. The fourth-order valence-corrected chi connectivity index (χ4v) is 2.92. The van der Waals surface area contributed by atoms with E-state index < -0.39 is 17.9 Å². The third-order valence-electron chi connectivity index (χ3n) is 3.56. The predicted octanol–water partition coefficient (Wildman–Crippen LogP) is 2.53. The molecule has 0 unspecified atom stereocenters. The number of methoxy groups -OCH3 is 2. The van der Waals surface area contributed by atoms with Gasteiger partial charge < -0.3 is 14.8 Å². The summed E-state index contributed by atoms with van der Waals surface area (Å²) in [7, 11) is 2.89.